The van der Waals surface area contributed by atoms with E-state index in [4.69, 9.17) is 4.74 Å². The van der Waals surface area contributed by atoms with Crippen LogP contribution in [0.4, 0.5) is 0 Å². The molecule has 0 N–H and O–H groups in total. The van der Waals surface area contributed by atoms with E-state index in [-0.39, 0.29) is 5.78 Å². The van der Waals surface area contributed by atoms with Gasteiger partial charge in [-0.25, -0.2) is 0 Å². The van der Waals surface area contributed by atoms with Crippen molar-refractivity contribution < 1.29 is 9.53 Å². The molecule has 0 unspecified atom stereocenters. The van der Waals surface area contributed by atoms with E-state index >= 15 is 0 Å². The fourth-order valence-corrected chi connectivity index (χ4v) is 1.31. The topological polar surface area (TPSA) is 29.5 Å². The molecule has 92 valence electrons. The van der Waals surface area contributed by atoms with E-state index in [1.165, 1.54) is 6.08 Å². The fourth-order valence-electron chi connectivity index (χ4n) is 1.31. The predicted molar refractivity (Wildman–Crippen MR) is 69.1 cm³/mol. The molecule has 0 saturated carbocycles. The van der Waals surface area contributed by atoms with E-state index in [0.717, 1.165) is 11.3 Å². The molecular formula is C14H19NO2. The second-order valence-electron chi connectivity index (χ2n) is 4.26. The minimum absolute atomic E-state index is 0.0415. The van der Waals surface area contributed by atoms with Crippen LogP contribution in [-0.2, 0) is 4.79 Å². The van der Waals surface area contributed by atoms with Crippen molar-refractivity contribution in [1.29, 1.82) is 0 Å². The Kier molecular flexibility index (Phi) is 4.76. The largest absolute Gasteiger partial charge is 0.483 e. The summed E-state index contributed by atoms with van der Waals surface area (Å²) in [5.74, 6) is 0.685. The maximum Gasteiger partial charge on any atom is 0.197 e. The fraction of sp³-hybridized carbons (Fsp3) is 0.357. The minimum Gasteiger partial charge on any atom is -0.483 e. The molecule has 0 aliphatic carbocycles. The molecule has 0 aliphatic rings. The van der Waals surface area contributed by atoms with Gasteiger partial charge in [-0.1, -0.05) is 12.1 Å². The van der Waals surface area contributed by atoms with E-state index in [2.05, 4.69) is 0 Å². The number of benzene rings is 1. The van der Waals surface area contributed by atoms with Gasteiger partial charge in [-0.05, 0) is 31.5 Å². The number of rotatable bonds is 5. The van der Waals surface area contributed by atoms with Gasteiger partial charge in [0.2, 0.25) is 0 Å². The standard InChI is InChI=1S/C14H19NO2/c1-11-6-5-7-13(10-11)17-12(2)14(16)8-9-15(3)4/h5-10,12H,1-4H3/b9-8+/t12-/m1/s1. The van der Waals surface area contributed by atoms with Gasteiger partial charge in [0.15, 0.2) is 11.9 Å². The van der Waals surface area contributed by atoms with Crippen LogP contribution in [0.15, 0.2) is 36.5 Å². The van der Waals surface area contributed by atoms with Gasteiger partial charge in [-0.15, -0.1) is 0 Å². The summed E-state index contributed by atoms with van der Waals surface area (Å²) in [7, 11) is 3.74. The summed E-state index contributed by atoms with van der Waals surface area (Å²) in [5.41, 5.74) is 1.12. The van der Waals surface area contributed by atoms with E-state index in [9.17, 15) is 4.79 Å². The Hall–Kier alpha value is -1.77. The second-order valence-corrected chi connectivity index (χ2v) is 4.26. The number of carbonyl (C=O) groups is 1. The van der Waals surface area contributed by atoms with Crippen molar-refractivity contribution >= 4 is 5.78 Å². The molecule has 0 radical (unpaired) electrons. The third-order valence-corrected chi connectivity index (χ3v) is 2.24. The number of hydrogen-bond donors (Lipinski definition) is 0. The summed E-state index contributed by atoms with van der Waals surface area (Å²) in [4.78, 5) is 13.5. The first kappa shape index (κ1) is 13.3. The average molecular weight is 233 g/mol. The molecule has 0 aliphatic heterocycles. The van der Waals surface area contributed by atoms with Crippen LogP contribution in [0.5, 0.6) is 5.75 Å². The molecule has 0 saturated heterocycles. The normalized spacial score (nSPS) is 12.5. The van der Waals surface area contributed by atoms with Crippen LogP contribution in [0, 0.1) is 6.92 Å². The minimum atomic E-state index is -0.465. The van der Waals surface area contributed by atoms with Gasteiger partial charge in [0.05, 0.1) is 0 Å². The van der Waals surface area contributed by atoms with Crippen molar-refractivity contribution in [1.82, 2.24) is 4.90 Å². The van der Waals surface area contributed by atoms with Crippen molar-refractivity contribution in [2.45, 2.75) is 20.0 Å². The van der Waals surface area contributed by atoms with Crippen LogP contribution in [0.3, 0.4) is 0 Å². The highest BCUT2D eigenvalue weighted by atomic mass is 16.5. The van der Waals surface area contributed by atoms with Crippen LogP contribution in [0.25, 0.3) is 0 Å². The van der Waals surface area contributed by atoms with E-state index < -0.39 is 6.10 Å². The molecule has 0 bridgehead atoms. The predicted octanol–water partition coefficient (Wildman–Crippen LogP) is 2.41. The van der Waals surface area contributed by atoms with Crippen LogP contribution in [0.1, 0.15) is 12.5 Å². The summed E-state index contributed by atoms with van der Waals surface area (Å²) in [5, 5.41) is 0. The van der Waals surface area contributed by atoms with Crippen LogP contribution in [-0.4, -0.2) is 30.9 Å². The van der Waals surface area contributed by atoms with Gasteiger partial charge in [0, 0.05) is 26.4 Å². The molecule has 0 aromatic heterocycles. The zero-order valence-electron chi connectivity index (χ0n) is 10.8. The highest BCUT2D eigenvalue weighted by molar-refractivity contribution is 5.93. The Bertz CT molecular complexity index is 410. The van der Waals surface area contributed by atoms with Gasteiger partial charge < -0.3 is 9.64 Å². The Morgan fingerprint density at radius 1 is 1.41 bits per heavy atom. The summed E-state index contributed by atoms with van der Waals surface area (Å²) in [6.07, 6.45) is 2.78. The molecule has 17 heavy (non-hydrogen) atoms. The molecule has 3 nitrogen and oxygen atoms in total. The zero-order chi connectivity index (χ0) is 12.8. The summed E-state index contributed by atoms with van der Waals surface area (Å²) < 4.78 is 5.57. The molecular weight excluding hydrogens is 214 g/mol. The van der Waals surface area contributed by atoms with E-state index in [1.54, 1.807) is 13.1 Å². The monoisotopic (exact) mass is 233 g/mol. The Balaban J connectivity index is 2.60. The van der Waals surface area contributed by atoms with E-state index in [1.807, 2.05) is 50.2 Å². The summed E-state index contributed by atoms with van der Waals surface area (Å²) in [6, 6.07) is 7.68. The van der Waals surface area contributed by atoms with Gasteiger partial charge in [0.1, 0.15) is 5.75 Å². The first-order chi connectivity index (χ1) is 7.99. The SMILES string of the molecule is Cc1cccc(O[C@H](C)C(=O)/C=C/N(C)C)c1. The van der Waals surface area contributed by atoms with Gasteiger partial charge >= 0.3 is 0 Å². The first-order valence-electron chi connectivity index (χ1n) is 5.61. The molecule has 3 heteroatoms. The van der Waals surface area contributed by atoms with Crippen LogP contribution >= 0.6 is 0 Å². The number of carbonyl (C=O) groups excluding carboxylic acids is 1. The summed E-state index contributed by atoms with van der Waals surface area (Å²) >= 11 is 0. The molecule has 1 aromatic carbocycles. The number of ketones is 1. The lowest BCUT2D eigenvalue weighted by Crippen LogP contribution is -2.22. The van der Waals surface area contributed by atoms with Gasteiger partial charge in [-0.2, -0.15) is 0 Å². The highest BCUT2D eigenvalue weighted by Gasteiger charge is 2.11. The first-order valence-corrected chi connectivity index (χ1v) is 5.61. The van der Waals surface area contributed by atoms with Crippen molar-refractivity contribution in [3.05, 3.63) is 42.1 Å². The molecule has 0 fully saturated rings. The zero-order valence-corrected chi connectivity index (χ0v) is 10.8. The van der Waals surface area contributed by atoms with Gasteiger partial charge in [-0.3, -0.25) is 4.79 Å². The maximum atomic E-state index is 11.7. The molecule has 0 spiro atoms. The third-order valence-electron chi connectivity index (χ3n) is 2.24. The average Bonchev–Trinajstić information content (AvgIpc) is 2.25. The number of aryl methyl sites for hydroxylation is 1. The molecule has 1 atom stereocenters. The Morgan fingerprint density at radius 3 is 2.71 bits per heavy atom. The number of ether oxygens (including phenoxy) is 1. The second kappa shape index (κ2) is 6.09. The highest BCUT2D eigenvalue weighted by Crippen LogP contribution is 2.14. The molecule has 1 aromatic rings. The molecule has 0 amide bonds. The lowest BCUT2D eigenvalue weighted by atomic mass is 10.2. The van der Waals surface area contributed by atoms with Crippen LogP contribution in [0.2, 0.25) is 0 Å². The number of nitrogens with zero attached hydrogens (tertiary/aromatic N) is 1. The summed E-state index contributed by atoms with van der Waals surface area (Å²) in [6.45, 7) is 3.75. The quantitative estimate of drug-likeness (QED) is 0.731. The van der Waals surface area contributed by atoms with Crippen LogP contribution < -0.4 is 4.74 Å². The van der Waals surface area contributed by atoms with Gasteiger partial charge in [0.25, 0.3) is 0 Å². The molecule has 0 heterocycles. The Labute approximate surface area is 103 Å². The lowest BCUT2D eigenvalue weighted by molar-refractivity contribution is -0.120. The maximum absolute atomic E-state index is 11.7. The number of hydrogen-bond acceptors (Lipinski definition) is 3. The lowest BCUT2D eigenvalue weighted by Gasteiger charge is -2.12. The van der Waals surface area contributed by atoms with Crippen molar-refractivity contribution in [3.63, 3.8) is 0 Å². The molecule has 1 rings (SSSR count). The van der Waals surface area contributed by atoms with Crippen molar-refractivity contribution in [2.75, 3.05) is 14.1 Å². The van der Waals surface area contributed by atoms with Crippen molar-refractivity contribution in [2.24, 2.45) is 0 Å². The van der Waals surface area contributed by atoms with E-state index in [0.29, 0.717) is 0 Å². The Morgan fingerprint density at radius 2 is 2.12 bits per heavy atom. The third kappa shape index (κ3) is 4.72. The van der Waals surface area contributed by atoms with Crippen molar-refractivity contribution in [3.8, 4) is 5.75 Å². The smallest absolute Gasteiger partial charge is 0.197 e.